The summed E-state index contributed by atoms with van der Waals surface area (Å²) < 4.78 is 0. The van der Waals surface area contributed by atoms with E-state index in [4.69, 9.17) is 0 Å². The van der Waals surface area contributed by atoms with Gasteiger partial charge in [0.05, 0.1) is 22.6 Å². The summed E-state index contributed by atoms with van der Waals surface area (Å²) >= 11 is 1.62. The monoisotopic (exact) mass is 359 g/mol. The van der Waals surface area contributed by atoms with Crippen LogP contribution in [0.4, 0.5) is 5.69 Å². The number of para-hydroxylation sites is 1. The fraction of sp³-hybridized carbons (Fsp3) is 0.0952. The van der Waals surface area contributed by atoms with Gasteiger partial charge in [-0.05, 0) is 30.7 Å². The van der Waals surface area contributed by atoms with Crippen LogP contribution in [0.3, 0.4) is 0 Å². The Morgan fingerprint density at radius 3 is 2.81 bits per heavy atom. The molecule has 0 unspecified atom stereocenters. The molecule has 1 N–H and O–H groups in total. The lowest BCUT2D eigenvalue weighted by Crippen LogP contribution is -2.14. The van der Waals surface area contributed by atoms with E-state index in [-0.39, 0.29) is 12.3 Å². The molecule has 0 radical (unpaired) electrons. The van der Waals surface area contributed by atoms with Crippen LogP contribution in [0.2, 0.25) is 0 Å². The maximum atomic E-state index is 12.5. The van der Waals surface area contributed by atoms with Crippen molar-refractivity contribution in [2.75, 3.05) is 5.32 Å². The quantitative estimate of drug-likeness (QED) is 0.567. The number of carbonyl (C=O) groups is 1. The topological polar surface area (TPSA) is 54.9 Å². The number of aromatic nitrogens is 2. The number of anilines is 1. The molecule has 0 atom stereocenters. The smallest absolute Gasteiger partial charge is 0.228 e. The molecule has 0 spiro atoms. The number of nitrogens with one attached hydrogen (secondary N) is 1. The highest BCUT2D eigenvalue weighted by molar-refractivity contribution is 7.09. The molecule has 4 rings (SSSR count). The van der Waals surface area contributed by atoms with Gasteiger partial charge in [-0.1, -0.05) is 36.4 Å². The van der Waals surface area contributed by atoms with E-state index in [0.29, 0.717) is 0 Å². The van der Waals surface area contributed by atoms with Crippen molar-refractivity contribution in [3.63, 3.8) is 0 Å². The lowest BCUT2D eigenvalue weighted by molar-refractivity contribution is -0.115. The molecule has 0 saturated carbocycles. The van der Waals surface area contributed by atoms with Crippen LogP contribution in [0.1, 0.15) is 10.6 Å². The molecule has 1 amide bonds. The summed E-state index contributed by atoms with van der Waals surface area (Å²) in [5.74, 6) is -0.0604. The molecule has 0 aliphatic carbocycles. The number of hydrogen-bond donors (Lipinski definition) is 1. The average Bonchev–Trinajstić information content (AvgIpc) is 3.09. The third kappa shape index (κ3) is 3.48. The number of nitrogens with zero attached hydrogens (tertiary/aromatic N) is 2. The Morgan fingerprint density at radius 2 is 1.96 bits per heavy atom. The molecule has 4 aromatic rings. The molecule has 0 aliphatic heterocycles. The third-order valence-corrected chi connectivity index (χ3v) is 4.90. The zero-order valence-electron chi connectivity index (χ0n) is 14.3. The average molecular weight is 359 g/mol. The lowest BCUT2D eigenvalue weighted by Gasteiger charge is -2.08. The molecule has 2 aromatic carbocycles. The summed E-state index contributed by atoms with van der Waals surface area (Å²) in [7, 11) is 0. The SMILES string of the molecule is Cc1nc(-c2cccc(NC(=O)Cc3cccc4cccnc34)c2)cs1. The normalized spacial score (nSPS) is 10.8. The Hall–Kier alpha value is -3.05. The number of benzene rings is 2. The van der Waals surface area contributed by atoms with Gasteiger partial charge >= 0.3 is 0 Å². The van der Waals surface area contributed by atoms with Crippen LogP contribution in [-0.2, 0) is 11.2 Å². The minimum Gasteiger partial charge on any atom is -0.326 e. The molecule has 0 aliphatic rings. The van der Waals surface area contributed by atoms with Crippen molar-refractivity contribution in [3.05, 3.63) is 76.7 Å². The first kappa shape index (κ1) is 16.4. The van der Waals surface area contributed by atoms with Crippen molar-refractivity contribution in [3.8, 4) is 11.3 Å². The van der Waals surface area contributed by atoms with Crippen molar-refractivity contribution in [1.29, 1.82) is 0 Å². The van der Waals surface area contributed by atoms with Gasteiger partial charge in [-0.3, -0.25) is 9.78 Å². The number of carbonyl (C=O) groups excluding carboxylic acids is 1. The van der Waals surface area contributed by atoms with Crippen molar-refractivity contribution in [2.24, 2.45) is 0 Å². The predicted octanol–water partition coefficient (Wildman–Crippen LogP) is 4.85. The standard InChI is InChI=1S/C21H17N3OS/c1-14-23-19(13-26-14)16-6-3-9-18(11-16)24-20(25)12-17-7-2-5-15-8-4-10-22-21(15)17/h2-11,13H,12H2,1H3,(H,24,25). The van der Waals surface area contributed by atoms with Gasteiger partial charge in [0.1, 0.15) is 0 Å². The minimum absolute atomic E-state index is 0.0604. The zero-order chi connectivity index (χ0) is 17.9. The number of thiazole rings is 1. The molecule has 0 fully saturated rings. The second kappa shape index (κ2) is 7.06. The van der Waals surface area contributed by atoms with Crippen molar-refractivity contribution in [1.82, 2.24) is 9.97 Å². The van der Waals surface area contributed by atoms with Crippen molar-refractivity contribution >= 4 is 33.8 Å². The van der Waals surface area contributed by atoms with Gasteiger partial charge in [0.2, 0.25) is 5.91 Å². The van der Waals surface area contributed by atoms with Gasteiger partial charge in [0.25, 0.3) is 0 Å². The Kier molecular flexibility index (Phi) is 4.46. The van der Waals surface area contributed by atoms with E-state index in [1.165, 1.54) is 0 Å². The predicted molar refractivity (Wildman–Crippen MR) is 106 cm³/mol. The molecular formula is C21H17N3OS. The Balaban J connectivity index is 1.53. The first-order chi connectivity index (χ1) is 12.7. The summed E-state index contributed by atoms with van der Waals surface area (Å²) in [6.07, 6.45) is 2.04. The lowest BCUT2D eigenvalue weighted by atomic mass is 10.1. The van der Waals surface area contributed by atoms with Crippen LogP contribution in [0.25, 0.3) is 22.2 Å². The Morgan fingerprint density at radius 1 is 1.12 bits per heavy atom. The largest absolute Gasteiger partial charge is 0.326 e. The number of pyridine rings is 1. The highest BCUT2D eigenvalue weighted by Crippen LogP contribution is 2.24. The molecule has 0 saturated heterocycles. The second-order valence-electron chi connectivity index (χ2n) is 6.05. The maximum absolute atomic E-state index is 12.5. The maximum Gasteiger partial charge on any atom is 0.228 e. The van der Waals surface area contributed by atoms with E-state index in [9.17, 15) is 4.79 Å². The van der Waals surface area contributed by atoms with Crippen LogP contribution in [0.5, 0.6) is 0 Å². The molecule has 26 heavy (non-hydrogen) atoms. The summed E-state index contributed by atoms with van der Waals surface area (Å²) in [6.45, 7) is 1.98. The van der Waals surface area contributed by atoms with Gasteiger partial charge in [0.15, 0.2) is 0 Å². The van der Waals surface area contributed by atoms with E-state index >= 15 is 0 Å². The third-order valence-electron chi connectivity index (χ3n) is 4.13. The summed E-state index contributed by atoms with van der Waals surface area (Å²) in [5, 5.41) is 7.07. The van der Waals surface area contributed by atoms with Gasteiger partial charge in [-0.15, -0.1) is 11.3 Å². The first-order valence-electron chi connectivity index (χ1n) is 8.34. The van der Waals surface area contributed by atoms with Gasteiger partial charge < -0.3 is 5.32 Å². The van der Waals surface area contributed by atoms with Crippen LogP contribution in [-0.4, -0.2) is 15.9 Å². The fourth-order valence-electron chi connectivity index (χ4n) is 2.94. The molecule has 0 bridgehead atoms. The van der Waals surface area contributed by atoms with E-state index < -0.39 is 0 Å². The van der Waals surface area contributed by atoms with Crippen LogP contribution in [0, 0.1) is 6.92 Å². The highest BCUT2D eigenvalue weighted by atomic mass is 32.1. The first-order valence-corrected chi connectivity index (χ1v) is 9.22. The number of fused-ring (bicyclic) bond motifs is 1. The van der Waals surface area contributed by atoms with Crippen molar-refractivity contribution < 1.29 is 4.79 Å². The molecule has 5 heteroatoms. The van der Waals surface area contributed by atoms with Gasteiger partial charge in [-0.25, -0.2) is 4.98 Å². The Bertz CT molecular complexity index is 1080. The highest BCUT2D eigenvalue weighted by Gasteiger charge is 2.09. The van der Waals surface area contributed by atoms with Crippen LogP contribution >= 0.6 is 11.3 Å². The molecule has 2 heterocycles. The van der Waals surface area contributed by atoms with E-state index in [1.54, 1.807) is 17.5 Å². The summed E-state index contributed by atoms with van der Waals surface area (Å²) in [5.41, 5.74) is 4.50. The molecule has 4 nitrogen and oxygen atoms in total. The number of amides is 1. The fourth-order valence-corrected chi connectivity index (χ4v) is 3.56. The Labute approximate surface area is 155 Å². The van der Waals surface area contributed by atoms with E-state index in [0.717, 1.165) is 38.4 Å². The van der Waals surface area contributed by atoms with E-state index in [1.807, 2.05) is 66.9 Å². The second-order valence-corrected chi connectivity index (χ2v) is 7.11. The number of rotatable bonds is 4. The number of aryl methyl sites for hydroxylation is 1. The molecule has 128 valence electrons. The van der Waals surface area contributed by atoms with Crippen LogP contribution < -0.4 is 5.32 Å². The van der Waals surface area contributed by atoms with Crippen LogP contribution in [0.15, 0.2) is 66.2 Å². The number of hydrogen-bond acceptors (Lipinski definition) is 4. The summed E-state index contributed by atoms with van der Waals surface area (Å²) in [4.78, 5) is 21.4. The zero-order valence-corrected chi connectivity index (χ0v) is 15.1. The van der Waals surface area contributed by atoms with Crippen molar-refractivity contribution in [2.45, 2.75) is 13.3 Å². The van der Waals surface area contributed by atoms with Gasteiger partial charge in [0, 0.05) is 28.2 Å². The molecule has 2 aromatic heterocycles. The summed E-state index contributed by atoms with van der Waals surface area (Å²) in [6, 6.07) is 17.6. The van der Waals surface area contributed by atoms with E-state index in [2.05, 4.69) is 15.3 Å². The minimum atomic E-state index is -0.0604. The molecular weight excluding hydrogens is 342 g/mol. The van der Waals surface area contributed by atoms with Gasteiger partial charge in [-0.2, -0.15) is 0 Å².